The molecule has 0 aliphatic heterocycles. The molecule has 2 aromatic carbocycles. The first-order valence-electron chi connectivity index (χ1n) is 9.52. The van der Waals surface area contributed by atoms with E-state index in [1.165, 1.54) is 11.3 Å². The van der Waals surface area contributed by atoms with Gasteiger partial charge in [-0.05, 0) is 37.6 Å². The normalized spacial score (nSPS) is 11.2. The highest BCUT2D eigenvalue weighted by Crippen LogP contribution is 2.39. The molecular formula is C22H21ClN4O2S. The zero-order valence-electron chi connectivity index (χ0n) is 16.9. The molecule has 154 valence electrons. The molecule has 0 aliphatic rings. The van der Waals surface area contributed by atoms with Gasteiger partial charge >= 0.3 is 0 Å². The molecule has 0 fully saturated rings. The Morgan fingerprint density at radius 1 is 1.20 bits per heavy atom. The molecule has 0 spiro atoms. The van der Waals surface area contributed by atoms with Gasteiger partial charge < -0.3 is 4.74 Å². The SMILES string of the molecule is COc1ccc(Cl)c2sc(N(Cc3ccccc3)C(=O)c3ccn(C(C)C)n3)nc12. The Morgan fingerprint density at radius 2 is 1.97 bits per heavy atom. The molecule has 2 heterocycles. The van der Waals surface area contributed by atoms with Crippen molar-refractivity contribution in [2.75, 3.05) is 12.0 Å². The lowest BCUT2D eigenvalue weighted by atomic mass is 10.2. The number of nitrogens with zero attached hydrogens (tertiary/aromatic N) is 4. The number of ether oxygens (including phenoxy) is 1. The first-order chi connectivity index (χ1) is 14.5. The minimum atomic E-state index is -0.215. The molecule has 1 amide bonds. The molecule has 4 rings (SSSR count). The number of hydrogen-bond donors (Lipinski definition) is 0. The Morgan fingerprint density at radius 3 is 2.63 bits per heavy atom. The molecule has 0 saturated carbocycles. The highest BCUT2D eigenvalue weighted by molar-refractivity contribution is 7.23. The van der Waals surface area contributed by atoms with E-state index in [-0.39, 0.29) is 11.9 Å². The molecule has 0 N–H and O–H groups in total. The number of methoxy groups -OCH3 is 1. The molecule has 0 atom stereocenters. The van der Waals surface area contributed by atoms with Crippen LogP contribution in [0.4, 0.5) is 5.13 Å². The number of carbonyl (C=O) groups is 1. The molecule has 0 unspecified atom stereocenters. The topological polar surface area (TPSA) is 60.2 Å². The van der Waals surface area contributed by atoms with Crippen LogP contribution in [0, 0.1) is 0 Å². The number of fused-ring (bicyclic) bond motifs is 1. The second kappa shape index (κ2) is 8.45. The van der Waals surface area contributed by atoms with E-state index in [1.54, 1.807) is 34.9 Å². The number of rotatable bonds is 6. The Kier molecular flexibility index (Phi) is 5.74. The number of amides is 1. The average Bonchev–Trinajstić information content (AvgIpc) is 3.41. The molecular weight excluding hydrogens is 420 g/mol. The standard InChI is InChI=1S/C22H21ClN4O2S/c1-14(2)27-12-11-17(25-27)21(28)26(13-15-7-5-4-6-8-15)22-24-19-18(29-3)10-9-16(23)20(19)30-22/h4-12,14H,13H2,1-3H3. The van der Waals surface area contributed by atoms with E-state index in [0.717, 1.165) is 10.3 Å². The van der Waals surface area contributed by atoms with Crippen molar-refractivity contribution in [3.8, 4) is 5.75 Å². The van der Waals surface area contributed by atoms with Crippen LogP contribution >= 0.6 is 22.9 Å². The maximum Gasteiger partial charge on any atom is 0.280 e. The van der Waals surface area contributed by atoms with E-state index >= 15 is 0 Å². The molecule has 30 heavy (non-hydrogen) atoms. The van der Waals surface area contributed by atoms with E-state index < -0.39 is 0 Å². The third-order valence-electron chi connectivity index (χ3n) is 4.68. The first kappa shape index (κ1) is 20.4. The van der Waals surface area contributed by atoms with Crippen LogP contribution in [0.2, 0.25) is 5.02 Å². The van der Waals surface area contributed by atoms with Gasteiger partial charge in [0.2, 0.25) is 0 Å². The van der Waals surface area contributed by atoms with Crippen LogP contribution in [-0.2, 0) is 6.54 Å². The van der Waals surface area contributed by atoms with E-state index in [4.69, 9.17) is 21.3 Å². The van der Waals surface area contributed by atoms with Crippen LogP contribution in [0.25, 0.3) is 10.2 Å². The highest BCUT2D eigenvalue weighted by atomic mass is 35.5. The summed E-state index contributed by atoms with van der Waals surface area (Å²) < 4.78 is 7.99. The zero-order chi connectivity index (χ0) is 21.3. The van der Waals surface area contributed by atoms with Crippen molar-refractivity contribution >= 4 is 44.2 Å². The van der Waals surface area contributed by atoms with Crippen molar-refractivity contribution in [2.24, 2.45) is 0 Å². The fourth-order valence-electron chi connectivity index (χ4n) is 3.09. The maximum atomic E-state index is 13.5. The van der Waals surface area contributed by atoms with Gasteiger partial charge in [-0.1, -0.05) is 53.3 Å². The monoisotopic (exact) mass is 440 g/mol. The van der Waals surface area contributed by atoms with Gasteiger partial charge in [0.15, 0.2) is 10.8 Å². The summed E-state index contributed by atoms with van der Waals surface area (Å²) in [6, 6.07) is 15.3. The summed E-state index contributed by atoms with van der Waals surface area (Å²) in [5.41, 5.74) is 2.01. The summed E-state index contributed by atoms with van der Waals surface area (Å²) in [5.74, 6) is 0.403. The van der Waals surface area contributed by atoms with Crippen LogP contribution in [-0.4, -0.2) is 27.8 Å². The van der Waals surface area contributed by atoms with E-state index in [9.17, 15) is 4.79 Å². The average molecular weight is 441 g/mol. The summed E-state index contributed by atoms with van der Waals surface area (Å²) in [5, 5.41) is 5.57. The van der Waals surface area contributed by atoms with Crippen molar-refractivity contribution in [2.45, 2.75) is 26.4 Å². The maximum absolute atomic E-state index is 13.5. The second-order valence-electron chi connectivity index (χ2n) is 7.08. The van der Waals surface area contributed by atoms with Crippen molar-refractivity contribution in [1.29, 1.82) is 0 Å². The number of hydrogen-bond acceptors (Lipinski definition) is 5. The third-order valence-corrected chi connectivity index (χ3v) is 6.22. The number of thiazole rings is 1. The van der Waals surface area contributed by atoms with Gasteiger partial charge in [-0.2, -0.15) is 5.10 Å². The van der Waals surface area contributed by atoms with Crippen molar-refractivity contribution in [3.63, 3.8) is 0 Å². The molecule has 8 heteroatoms. The molecule has 0 saturated heterocycles. The van der Waals surface area contributed by atoms with E-state index in [1.807, 2.05) is 50.4 Å². The van der Waals surface area contributed by atoms with Crippen LogP contribution in [0.15, 0.2) is 54.7 Å². The van der Waals surface area contributed by atoms with Crippen LogP contribution in [0.5, 0.6) is 5.75 Å². The van der Waals surface area contributed by atoms with E-state index in [2.05, 4.69) is 5.10 Å². The summed E-state index contributed by atoms with van der Waals surface area (Å²) in [7, 11) is 1.59. The van der Waals surface area contributed by atoms with Gasteiger partial charge in [0, 0.05) is 12.2 Å². The molecule has 0 bridgehead atoms. The van der Waals surface area contributed by atoms with Crippen LogP contribution in [0.3, 0.4) is 0 Å². The van der Waals surface area contributed by atoms with Gasteiger partial charge in [-0.25, -0.2) is 4.98 Å². The lowest BCUT2D eigenvalue weighted by molar-refractivity contribution is 0.0979. The summed E-state index contributed by atoms with van der Waals surface area (Å²) >= 11 is 7.76. The molecule has 2 aromatic heterocycles. The minimum Gasteiger partial charge on any atom is -0.494 e. The Hall–Kier alpha value is -2.90. The minimum absolute atomic E-state index is 0.166. The van der Waals surface area contributed by atoms with Gasteiger partial charge in [0.1, 0.15) is 11.3 Å². The van der Waals surface area contributed by atoms with Gasteiger partial charge in [-0.15, -0.1) is 0 Å². The molecule has 4 aromatic rings. The Bertz CT molecular complexity index is 1190. The number of aromatic nitrogens is 3. The largest absolute Gasteiger partial charge is 0.494 e. The van der Waals surface area contributed by atoms with Gasteiger partial charge in [-0.3, -0.25) is 14.4 Å². The predicted octanol–water partition coefficient (Wildman–Crippen LogP) is 5.58. The number of benzene rings is 2. The van der Waals surface area contributed by atoms with Crippen molar-refractivity contribution in [3.05, 3.63) is 71.0 Å². The molecule has 0 radical (unpaired) electrons. The van der Waals surface area contributed by atoms with Crippen LogP contribution < -0.4 is 9.64 Å². The quantitative estimate of drug-likeness (QED) is 0.392. The summed E-state index contributed by atoms with van der Waals surface area (Å²) in [6.07, 6.45) is 1.82. The number of halogens is 1. The lowest BCUT2D eigenvalue weighted by Gasteiger charge is -2.19. The first-order valence-corrected chi connectivity index (χ1v) is 10.7. The highest BCUT2D eigenvalue weighted by Gasteiger charge is 2.25. The molecule has 6 nitrogen and oxygen atoms in total. The predicted molar refractivity (Wildman–Crippen MR) is 121 cm³/mol. The lowest BCUT2D eigenvalue weighted by Crippen LogP contribution is -2.30. The third kappa shape index (κ3) is 3.91. The van der Waals surface area contributed by atoms with Gasteiger partial charge in [0.25, 0.3) is 5.91 Å². The van der Waals surface area contributed by atoms with Gasteiger partial charge in [0.05, 0.1) is 23.4 Å². The van der Waals surface area contributed by atoms with Crippen molar-refractivity contribution in [1.82, 2.24) is 14.8 Å². The second-order valence-corrected chi connectivity index (χ2v) is 8.46. The number of carbonyl (C=O) groups excluding carboxylic acids is 1. The summed E-state index contributed by atoms with van der Waals surface area (Å²) in [6.45, 7) is 4.41. The van der Waals surface area contributed by atoms with E-state index in [0.29, 0.717) is 33.7 Å². The van der Waals surface area contributed by atoms with Crippen molar-refractivity contribution < 1.29 is 9.53 Å². The summed E-state index contributed by atoms with van der Waals surface area (Å²) in [4.78, 5) is 19.8. The Labute approximate surface area is 183 Å². The fourth-order valence-corrected chi connectivity index (χ4v) is 4.35. The number of anilines is 1. The zero-order valence-corrected chi connectivity index (χ0v) is 18.4. The van der Waals surface area contributed by atoms with Crippen LogP contribution in [0.1, 0.15) is 35.9 Å². The Balaban J connectivity index is 1.79. The smallest absolute Gasteiger partial charge is 0.280 e. The fraction of sp³-hybridized carbons (Fsp3) is 0.227. The molecule has 0 aliphatic carbocycles.